The number of alkyl halides is 3. The summed E-state index contributed by atoms with van der Waals surface area (Å²) in [5, 5.41) is 20.6. The molecule has 3 N–H and O–H groups in total. The third-order valence-corrected chi connectivity index (χ3v) is 7.12. The van der Waals surface area contributed by atoms with Crippen molar-refractivity contribution in [3.8, 4) is 17.0 Å². The van der Waals surface area contributed by atoms with Gasteiger partial charge in [-0.2, -0.15) is 18.3 Å². The summed E-state index contributed by atoms with van der Waals surface area (Å²) in [6.07, 6.45) is -1.39. The van der Waals surface area contributed by atoms with E-state index in [1.165, 1.54) is 19.2 Å². The fourth-order valence-electron chi connectivity index (χ4n) is 4.43. The first-order valence-electron chi connectivity index (χ1n) is 12.5. The zero-order valence-corrected chi connectivity index (χ0v) is 22.6. The van der Waals surface area contributed by atoms with Gasteiger partial charge in [-0.3, -0.25) is 9.48 Å². The number of nitrogens with one attached hydrogen (secondary N) is 2. The van der Waals surface area contributed by atoms with Gasteiger partial charge in [0.25, 0.3) is 5.91 Å². The number of carbonyl (C=O) groups excluding carboxylic acids is 1. The lowest BCUT2D eigenvalue weighted by Gasteiger charge is -2.34. The van der Waals surface area contributed by atoms with Gasteiger partial charge in [-0.05, 0) is 56.6 Å². The number of aliphatic hydroxyl groups is 1. The standard InChI is InChI=1S/C26H36ClF3N4O3/c1-15(2)13-34-23(19-7-6-18(12-20(19)37-5)32-17(4)26(28,29)30)21(27)22(33-34)24(35)31-14-25(36)10-8-16(3)9-11-25/h6-7,12,15-17,32,36H,8-11,13-14H2,1-5H3,(H,31,35)/t16?,17-,25?/m1/s1. The highest BCUT2D eigenvalue weighted by molar-refractivity contribution is 6.36. The number of hydrogen-bond acceptors (Lipinski definition) is 5. The van der Waals surface area contributed by atoms with E-state index in [1.54, 1.807) is 10.7 Å². The van der Waals surface area contributed by atoms with E-state index >= 15 is 0 Å². The molecule has 1 fully saturated rings. The Labute approximate surface area is 220 Å². The molecule has 3 rings (SSSR count). The molecule has 0 bridgehead atoms. The van der Waals surface area contributed by atoms with E-state index in [1.807, 2.05) is 13.8 Å². The van der Waals surface area contributed by atoms with Crippen molar-refractivity contribution >= 4 is 23.2 Å². The van der Waals surface area contributed by atoms with Gasteiger partial charge in [0, 0.05) is 30.4 Å². The van der Waals surface area contributed by atoms with Crippen molar-refractivity contribution in [1.82, 2.24) is 15.1 Å². The van der Waals surface area contributed by atoms with Crippen molar-refractivity contribution in [1.29, 1.82) is 0 Å². The second-order valence-electron chi connectivity index (χ2n) is 10.5. The number of benzene rings is 1. The molecule has 0 spiro atoms. The molecule has 1 amide bonds. The summed E-state index contributed by atoms with van der Waals surface area (Å²) in [6.45, 7) is 7.70. The third kappa shape index (κ3) is 7.10. The molecule has 1 aromatic carbocycles. The lowest BCUT2D eigenvalue weighted by molar-refractivity contribution is -0.138. The fraction of sp³-hybridized carbons (Fsp3) is 0.615. The normalized spacial score (nSPS) is 21.1. The Morgan fingerprint density at radius 3 is 2.51 bits per heavy atom. The number of rotatable bonds is 9. The molecule has 11 heteroatoms. The van der Waals surface area contributed by atoms with Crippen molar-refractivity contribution in [3.05, 3.63) is 28.9 Å². The SMILES string of the molecule is COc1cc(N[C@H](C)C(F)(F)F)ccc1-c1c(Cl)c(C(=O)NCC2(O)CCC(C)CC2)nn1CC(C)C. The molecule has 1 aliphatic carbocycles. The number of hydrogen-bond donors (Lipinski definition) is 3. The summed E-state index contributed by atoms with van der Waals surface area (Å²) >= 11 is 6.70. The number of anilines is 1. The third-order valence-electron chi connectivity index (χ3n) is 6.76. The minimum Gasteiger partial charge on any atom is -0.496 e. The number of aromatic nitrogens is 2. The molecule has 0 radical (unpaired) electrons. The molecule has 0 unspecified atom stereocenters. The van der Waals surface area contributed by atoms with Crippen molar-refractivity contribution < 1.29 is 27.8 Å². The molecule has 0 saturated heterocycles. The topological polar surface area (TPSA) is 88.4 Å². The molecule has 1 atom stereocenters. The first-order valence-corrected chi connectivity index (χ1v) is 12.9. The summed E-state index contributed by atoms with van der Waals surface area (Å²) in [6, 6.07) is 2.80. The molecule has 37 heavy (non-hydrogen) atoms. The zero-order chi connectivity index (χ0) is 27.5. The highest BCUT2D eigenvalue weighted by Gasteiger charge is 2.36. The largest absolute Gasteiger partial charge is 0.496 e. The molecule has 7 nitrogen and oxygen atoms in total. The van der Waals surface area contributed by atoms with Crippen LogP contribution in [-0.2, 0) is 6.54 Å². The van der Waals surface area contributed by atoms with Crippen LogP contribution in [0.4, 0.5) is 18.9 Å². The zero-order valence-electron chi connectivity index (χ0n) is 21.9. The molecule has 1 heterocycles. The minimum absolute atomic E-state index is 0.0139. The number of methoxy groups -OCH3 is 1. The first kappa shape index (κ1) is 29.1. The Morgan fingerprint density at radius 2 is 1.95 bits per heavy atom. The number of ether oxygens (including phenoxy) is 1. The number of carbonyl (C=O) groups is 1. The summed E-state index contributed by atoms with van der Waals surface area (Å²) in [5.74, 6) is 0.490. The van der Waals surface area contributed by atoms with Gasteiger partial charge in [0.2, 0.25) is 0 Å². The van der Waals surface area contributed by atoms with Gasteiger partial charge in [-0.15, -0.1) is 0 Å². The van der Waals surface area contributed by atoms with Gasteiger partial charge in [0.15, 0.2) is 5.69 Å². The Kier molecular flexibility index (Phi) is 9.06. The van der Waals surface area contributed by atoms with Crippen molar-refractivity contribution in [3.63, 3.8) is 0 Å². The van der Waals surface area contributed by atoms with Gasteiger partial charge in [-0.1, -0.05) is 32.4 Å². The van der Waals surface area contributed by atoms with Crippen LogP contribution in [0.2, 0.25) is 5.02 Å². The van der Waals surface area contributed by atoms with Crippen LogP contribution in [0.5, 0.6) is 5.75 Å². The maximum atomic E-state index is 13.1. The maximum Gasteiger partial charge on any atom is 0.408 e. The molecule has 0 aliphatic heterocycles. The quantitative estimate of drug-likeness (QED) is 0.366. The van der Waals surface area contributed by atoms with Crippen LogP contribution in [0, 0.1) is 11.8 Å². The van der Waals surface area contributed by atoms with E-state index in [-0.39, 0.29) is 34.6 Å². The maximum absolute atomic E-state index is 13.1. The summed E-state index contributed by atoms with van der Waals surface area (Å²) in [7, 11) is 1.41. The number of halogens is 4. The monoisotopic (exact) mass is 544 g/mol. The van der Waals surface area contributed by atoms with E-state index in [9.17, 15) is 23.1 Å². The summed E-state index contributed by atoms with van der Waals surface area (Å²) in [5.41, 5.74) is 0.199. The summed E-state index contributed by atoms with van der Waals surface area (Å²) in [4.78, 5) is 13.1. The first-order chi connectivity index (χ1) is 17.2. The van der Waals surface area contributed by atoms with Crippen molar-refractivity contribution in [2.24, 2.45) is 11.8 Å². The molecule has 1 aliphatic rings. The van der Waals surface area contributed by atoms with Gasteiger partial charge in [0.05, 0.1) is 23.4 Å². The van der Waals surface area contributed by atoms with Crippen LogP contribution in [-0.4, -0.2) is 52.3 Å². The molecular formula is C26H36ClF3N4O3. The second-order valence-corrected chi connectivity index (χ2v) is 10.9. The smallest absolute Gasteiger partial charge is 0.408 e. The fourth-order valence-corrected chi connectivity index (χ4v) is 4.76. The Balaban J connectivity index is 1.91. The van der Waals surface area contributed by atoms with Crippen molar-refractivity contribution in [2.45, 2.75) is 77.7 Å². The van der Waals surface area contributed by atoms with Crippen LogP contribution in [0.25, 0.3) is 11.3 Å². The minimum atomic E-state index is -4.41. The lowest BCUT2D eigenvalue weighted by atomic mass is 9.79. The van der Waals surface area contributed by atoms with Crippen LogP contribution in [0.15, 0.2) is 18.2 Å². The summed E-state index contributed by atoms with van der Waals surface area (Å²) < 4.78 is 46.1. The average Bonchev–Trinajstić information content (AvgIpc) is 3.14. The Bertz CT molecular complexity index is 1100. The van der Waals surface area contributed by atoms with Crippen LogP contribution < -0.4 is 15.4 Å². The molecule has 1 aromatic heterocycles. The molecule has 206 valence electrons. The lowest BCUT2D eigenvalue weighted by Crippen LogP contribution is -2.45. The van der Waals surface area contributed by atoms with E-state index in [0.717, 1.165) is 19.8 Å². The predicted molar refractivity (Wildman–Crippen MR) is 138 cm³/mol. The number of nitrogens with zero attached hydrogens (tertiary/aromatic N) is 2. The van der Waals surface area contributed by atoms with Crippen LogP contribution in [0.3, 0.4) is 0 Å². The Hall–Kier alpha value is -2.46. The van der Waals surface area contributed by atoms with Crippen molar-refractivity contribution in [2.75, 3.05) is 19.0 Å². The van der Waals surface area contributed by atoms with E-state index < -0.39 is 23.7 Å². The highest BCUT2D eigenvalue weighted by Crippen LogP contribution is 2.39. The van der Waals surface area contributed by atoms with E-state index in [0.29, 0.717) is 36.6 Å². The van der Waals surface area contributed by atoms with E-state index in [2.05, 4.69) is 22.7 Å². The molecule has 1 saturated carbocycles. The molecule has 2 aromatic rings. The van der Waals surface area contributed by atoms with Crippen LogP contribution >= 0.6 is 11.6 Å². The van der Waals surface area contributed by atoms with E-state index in [4.69, 9.17) is 16.3 Å². The molecular weight excluding hydrogens is 509 g/mol. The van der Waals surface area contributed by atoms with Gasteiger partial charge in [-0.25, -0.2) is 0 Å². The van der Waals surface area contributed by atoms with Gasteiger partial charge in [0.1, 0.15) is 11.8 Å². The highest BCUT2D eigenvalue weighted by atomic mass is 35.5. The predicted octanol–water partition coefficient (Wildman–Crippen LogP) is 5.90. The van der Waals surface area contributed by atoms with Gasteiger partial charge < -0.3 is 20.5 Å². The second kappa shape index (κ2) is 11.5. The van der Waals surface area contributed by atoms with Crippen LogP contribution in [0.1, 0.15) is 63.9 Å². The van der Waals surface area contributed by atoms with Gasteiger partial charge >= 0.3 is 6.18 Å². The number of amides is 1. The average molecular weight is 545 g/mol. The Morgan fingerprint density at radius 1 is 1.30 bits per heavy atom.